The molecule has 0 aliphatic carbocycles. The predicted octanol–water partition coefficient (Wildman–Crippen LogP) is 1.89. The van der Waals surface area contributed by atoms with Crippen LogP contribution in [0.2, 0.25) is 0 Å². The number of carbonyl (C=O) groups excluding carboxylic acids is 1. The molecule has 21 heavy (non-hydrogen) atoms. The number of hydrogen-bond donors (Lipinski definition) is 1. The van der Waals surface area contributed by atoms with Gasteiger partial charge < -0.3 is 10.2 Å². The fourth-order valence-corrected chi connectivity index (χ4v) is 1.83. The second kappa shape index (κ2) is 7.35. The fourth-order valence-electron chi connectivity index (χ4n) is 1.83. The average molecular weight is 285 g/mol. The Balaban J connectivity index is 2.19. The Morgan fingerprint density at radius 2 is 1.76 bits per heavy atom. The lowest BCUT2D eigenvalue weighted by atomic mass is 10.3. The first kappa shape index (κ1) is 14.9. The third-order valence-electron chi connectivity index (χ3n) is 2.86. The van der Waals surface area contributed by atoms with E-state index in [0.717, 1.165) is 12.2 Å². The number of likely N-dealkylation sites (N-methyl/N-ethyl adjacent to an activating group) is 1. The number of nitrogens with zero attached hydrogens (tertiary/aromatic N) is 4. The fraction of sp³-hybridized carbons (Fsp3) is 0.267. The van der Waals surface area contributed by atoms with Crippen LogP contribution in [0.1, 0.15) is 0 Å². The summed E-state index contributed by atoms with van der Waals surface area (Å²) in [4.78, 5) is 24.0. The zero-order valence-corrected chi connectivity index (χ0v) is 12.2. The van der Waals surface area contributed by atoms with E-state index in [1.54, 1.807) is 17.3 Å². The molecule has 0 aliphatic heterocycles. The highest BCUT2D eigenvalue weighted by Crippen LogP contribution is 2.23. The lowest BCUT2D eigenvalue weighted by molar-refractivity contribution is 0.247. The monoisotopic (exact) mass is 285 g/mol. The van der Waals surface area contributed by atoms with Crippen LogP contribution in [0.25, 0.3) is 0 Å². The molecule has 0 spiro atoms. The molecule has 0 atom stereocenters. The van der Waals surface area contributed by atoms with Crippen molar-refractivity contribution in [2.24, 2.45) is 0 Å². The Morgan fingerprint density at radius 1 is 1.10 bits per heavy atom. The summed E-state index contributed by atoms with van der Waals surface area (Å²) in [5, 5.41) is 2.90. The highest BCUT2D eigenvalue weighted by molar-refractivity contribution is 5.99. The highest BCUT2D eigenvalue weighted by Gasteiger charge is 2.17. The van der Waals surface area contributed by atoms with E-state index in [2.05, 4.69) is 15.3 Å². The Kier molecular flexibility index (Phi) is 5.22. The molecule has 0 radical (unpaired) electrons. The topological polar surface area (TPSA) is 61.4 Å². The maximum absolute atomic E-state index is 12.5. The van der Waals surface area contributed by atoms with Crippen LogP contribution in [0.3, 0.4) is 0 Å². The third kappa shape index (κ3) is 4.25. The van der Waals surface area contributed by atoms with Crippen LogP contribution in [0.5, 0.6) is 0 Å². The summed E-state index contributed by atoms with van der Waals surface area (Å²) in [6.45, 7) is 1.35. The van der Waals surface area contributed by atoms with Crippen molar-refractivity contribution in [3.8, 4) is 0 Å². The van der Waals surface area contributed by atoms with Gasteiger partial charge in [0.1, 0.15) is 6.33 Å². The largest absolute Gasteiger partial charge is 0.336 e. The number of anilines is 2. The van der Waals surface area contributed by atoms with E-state index in [4.69, 9.17) is 0 Å². The van der Waals surface area contributed by atoms with Crippen LogP contribution in [0.4, 0.5) is 16.2 Å². The van der Waals surface area contributed by atoms with E-state index in [0.29, 0.717) is 12.2 Å². The van der Waals surface area contributed by atoms with Crippen molar-refractivity contribution in [3.05, 3.63) is 49.1 Å². The molecule has 1 heterocycles. The van der Waals surface area contributed by atoms with E-state index in [1.165, 1.54) is 6.33 Å². The summed E-state index contributed by atoms with van der Waals surface area (Å²) in [5.74, 6) is 0. The van der Waals surface area contributed by atoms with E-state index >= 15 is 0 Å². The molecule has 6 heteroatoms. The van der Waals surface area contributed by atoms with Crippen molar-refractivity contribution < 1.29 is 4.79 Å². The minimum atomic E-state index is -0.196. The van der Waals surface area contributed by atoms with Gasteiger partial charge in [-0.05, 0) is 26.2 Å². The summed E-state index contributed by atoms with van der Waals surface area (Å²) in [6, 6.07) is 9.24. The first-order valence-corrected chi connectivity index (χ1v) is 6.71. The van der Waals surface area contributed by atoms with Crippen LogP contribution in [-0.4, -0.2) is 48.1 Å². The molecule has 0 saturated carbocycles. The van der Waals surface area contributed by atoms with Gasteiger partial charge in [-0.25, -0.2) is 14.8 Å². The number of para-hydroxylation sites is 1. The van der Waals surface area contributed by atoms with Crippen molar-refractivity contribution >= 4 is 17.4 Å². The second-order valence-corrected chi connectivity index (χ2v) is 4.80. The van der Waals surface area contributed by atoms with Gasteiger partial charge in [0.25, 0.3) is 0 Å². The van der Waals surface area contributed by atoms with E-state index in [9.17, 15) is 4.79 Å². The number of rotatable bonds is 5. The Labute approximate surface area is 124 Å². The molecule has 0 bridgehead atoms. The molecule has 0 saturated heterocycles. The Hall–Kier alpha value is -2.47. The minimum Gasteiger partial charge on any atom is -0.336 e. The van der Waals surface area contributed by atoms with Crippen molar-refractivity contribution in [1.29, 1.82) is 0 Å². The molecule has 1 aromatic heterocycles. The molecule has 0 fully saturated rings. The molecule has 2 rings (SSSR count). The quantitative estimate of drug-likeness (QED) is 0.911. The minimum absolute atomic E-state index is 0.196. The number of benzene rings is 1. The molecule has 0 aliphatic rings. The van der Waals surface area contributed by atoms with Crippen LogP contribution in [0, 0.1) is 0 Å². The summed E-state index contributed by atoms with van der Waals surface area (Å²) in [5.41, 5.74) is 1.40. The highest BCUT2D eigenvalue weighted by atomic mass is 16.2. The number of aromatic nitrogens is 2. The average Bonchev–Trinajstić information content (AvgIpc) is 2.49. The van der Waals surface area contributed by atoms with Crippen molar-refractivity contribution in [1.82, 2.24) is 20.2 Å². The summed E-state index contributed by atoms with van der Waals surface area (Å²) >= 11 is 0. The number of nitrogens with one attached hydrogen (secondary N) is 1. The maximum atomic E-state index is 12.5. The first-order chi connectivity index (χ1) is 10.2. The van der Waals surface area contributed by atoms with Gasteiger partial charge >= 0.3 is 6.03 Å². The number of urea groups is 1. The van der Waals surface area contributed by atoms with E-state index in [1.807, 2.05) is 49.3 Å². The number of hydrogen-bond acceptors (Lipinski definition) is 4. The molecule has 1 aromatic carbocycles. The maximum Gasteiger partial charge on any atom is 0.326 e. The molecular formula is C15H19N5O. The summed E-state index contributed by atoms with van der Waals surface area (Å²) in [6.07, 6.45) is 4.67. The Bertz CT molecular complexity index is 519. The lowest BCUT2D eigenvalue weighted by Crippen LogP contribution is -2.40. The van der Waals surface area contributed by atoms with Gasteiger partial charge in [-0.1, -0.05) is 18.2 Å². The lowest BCUT2D eigenvalue weighted by Gasteiger charge is -2.23. The van der Waals surface area contributed by atoms with Crippen molar-refractivity contribution in [3.63, 3.8) is 0 Å². The normalized spacial score (nSPS) is 10.4. The zero-order chi connectivity index (χ0) is 15.1. The van der Waals surface area contributed by atoms with Gasteiger partial charge in [-0.3, -0.25) is 4.90 Å². The van der Waals surface area contributed by atoms with Gasteiger partial charge in [0.05, 0.1) is 23.8 Å². The SMILES string of the molecule is CN(C)CCNC(=O)N(c1ccccc1)c1cncnc1. The van der Waals surface area contributed by atoms with Crippen LogP contribution < -0.4 is 10.2 Å². The number of carbonyl (C=O) groups is 1. The molecule has 2 amide bonds. The zero-order valence-electron chi connectivity index (χ0n) is 12.2. The molecule has 0 unspecified atom stereocenters. The molecular weight excluding hydrogens is 266 g/mol. The van der Waals surface area contributed by atoms with Gasteiger partial charge in [0.15, 0.2) is 0 Å². The smallest absolute Gasteiger partial charge is 0.326 e. The van der Waals surface area contributed by atoms with Crippen LogP contribution in [0.15, 0.2) is 49.1 Å². The molecule has 2 aromatic rings. The summed E-state index contributed by atoms with van der Waals surface area (Å²) < 4.78 is 0. The standard InChI is InChI=1S/C15H19N5O/c1-19(2)9-8-18-15(21)20(13-6-4-3-5-7-13)14-10-16-12-17-11-14/h3-7,10-12H,8-9H2,1-2H3,(H,18,21). The van der Waals surface area contributed by atoms with E-state index in [-0.39, 0.29) is 6.03 Å². The van der Waals surface area contributed by atoms with Crippen LogP contribution >= 0.6 is 0 Å². The van der Waals surface area contributed by atoms with Gasteiger partial charge in [-0.15, -0.1) is 0 Å². The second-order valence-electron chi connectivity index (χ2n) is 4.80. The van der Waals surface area contributed by atoms with Crippen LogP contribution in [-0.2, 0) is 0 Å². The Morgan fingerprint density at radius 3 is 2.38 bits per heavy atom. The van der Waals surface area contributed by atoms with Gasteiger partial charge in [0.2, 0.25) is 0 Å². The van der Waals surface area contributed by atoms with Gasteiger partial charge in [0, 0.05) is 13.1 Å². The number of amides is 2. The summed E-state index contributed by atoms with van der Waals surface area (Å²) in [7, 11) is 3.93. The third-order valence-corrected chi connectivity index (χ3v) is 2.86. The molecule has 6 nitrogen and oxygen atoms in total. The predicted molar refractivity (Wildman–Crippen MR) is 82.6 cm³/mol. The molecule has 1 N–H and O–H groups in total. The van der Waals surface area contributed by atoms with E-state index < -0.39 is 0 Å². The van der Waals surface area contributed by atoms with Gasteiger partial charge in [-0.2, -0.15) is 0 Å². The van der Waals surface area contributed by atoms with Crippen molar-refractivity contribution in [2.75, 3.05) is 32.1 Å². The van der Waals surface area contributed by atoms with Crippen molar-refractivity contribution in [2.45, 2.75) is 0 Å². The molecule has 110 valence electrons. The first-order valence-electron chi connectivity index (χ1n) is 6.71.